The van der Waals surface area contributed by atoms with E-state index >= 15 is 0 Å². The molecular formula is C14H20ClN3O. The molecule has 1 saturated heterocycles. The van der Waals surface area contributed by atoms with E-state index in [2.05, 4.69) is 16.0 Å². The van der Waals surface area contributed by atoms with E-state index in [-0.39, 0.29) is 5.91 Å². The van der Waals surface area contributed by atoms with Crippen LogP contribution in [0.15, 0.2) is 18.2 Å². The first kappa shape index (κ1) is 14.2. The first-order valence-corrected chi connectivity index (χ1v) is 7.04. The molecule has 2 rings (SSSR count). The average Bonchev–Trinajstić information content (AvgIpc) is 2.40. The van der Waals surface area contributed by atoms with Crippen LogP contribution >= 0.6 is 11.6 Å². The number of benzene rings is 1. The van der Waals surface area contributed by atoms with E-state index in [4.69, 9.17) is 11.6 Å². The Bertz CT molecular complexity index is 444. The van der Waals surface area contributed by atoms with Crippen LogP contribution in [-0.2, 0) is 4.79 Å². The Kier molecular flexibility index (Phi) is 5.05. The molecule has 1 atom stereocenters. The van der Waals surface area contributed by atoms with E-state index < -0.39 is 0 Å². The molecule has 1 aliphatic rings. The fraction of sp³-hybridized carbons (Fsp3) is 0.500. The van der Waals surface area contributed by atoms with Crippen LogP contribution in [0.2, 0.25) is 5.02 Å². The standard InChI is InChI=1S/C14H20ClN3O/c1-10(19)18-14-5-4-12(7-13(14)15)17-9-11-3-2-6-16-8-11/h4-5,7,11,16-17H,2-3,6,8-9H2,1H3,(H,18,19). The summed E-state index contributed by atoms with van der Waals surface area (Å²) >= 11 is 6.13. The second-order valence-corrected chi connectivity index (χ2v) is 5.38. The van der Waals surface area contributed by atoms with Crippen molar-refractivity contribution in [1.29, 1.82) is 0 Å². The Morgan fingerprint density at radius 1 is 1.53 bits per heavy atom. The van der Waals surface area contributed by atoms with Crippen molar-refractivity contribution in [3.63, 3.8) is 0 Å². The highest BCUT2D eigenvalue weighted by Gasteiger charge is 2.12. The molecule has 0 aliphatic carbocycles. The highest BCUT2D eigenvalue weighted by Crippen LogP contribution is 2.25. The highest BCUT2D eigenvalue weighted by molar-refractivity contribution is 6.34. The predicted molar refractivity (Wildman–Crippen MR) is 79.8 cm³/mol. The number of carbonyl (C=O) groups is 1. The van der Waals surface area contributed by atoms with Gasteiger partial charge in [-0.3, -0.25) is 4.79 Å². The third kappa shape index (κ3) is 4.40. The first-order chi connectivity index (χ1) is 9.15. The van der Waals surface area contributed by atoms with Crippen LogP contribution < -0.4 is 16.0 Å². The molecule has 1 heterocycles. The molecule has 0 bridgehead atoms. The maximum Gasteiger partial charge on any atom is 0.221 e. The molecule has 1 aromatic carbocycles. The number of hydrogen-bond acceptors (Lipinski definition) is 3. The summed E-state index contributed by atoms with van der Waals surface area (Å²) in [6, 6.07) is 5.61. The minimum atomic E-state index is -0.115. The van der Waals surface area contributed by atoms with Crippen molar-refractivity contribution in [2.45, 2.75) is 19.8 Å². The number of carbonyl (C=O) groups excluding carboxylic acids is 1. The number of halogens is 1. The molecule has 4 nitrogen and oxygen atoms in total. The van der Waals surface area contributed by atoms with Gasteiger partial charge in [0.2, 0.25) is 5.91 Å². The van der Waals surface area contributed by atoms with Crippen LogP contribution in [0.5, 0.6) is 0 Å². The normalized spacial score (nSPS) is 18.9. The lowest BCUT2D eigenvalue weighted by atomic mass is 10.00. The molecule has 0 spiro atoms. The van der Waals surface area contributed by atoms with E-state index in [0.29, 0.717) is 16.6 Å². The number of anilines is 2. The minimum Gasteiger partial charge on any atom is -0.385 e. The van der Waals surface area contributed by atoms with Crippen molar-refractivity contribution >= 4 is 28.9 Å². The lowest BCUT2D eigenvalue weighted by molar-refractivity contribution is -0.114. The zero-order chi connectivity index (χ0) is 13.7. The number of amides is 1. The van der Waals surface area contributed by atoms with Gasteiger partial charge in [-0.1, -0.05) is 11.6 Å². The Hall–Kier alpha value is -1.26. The van der Waals surface area contributed by atoms with Crippen LogP contribution in [0, 0.1) is 5.92 Å². The first-order valence-electron chi connectivity index (χ1n) is 6.67. The monoisotopic (exact) mass is 281 g/mol. The van der Waals surface area contributed by atoms with E-state index in [1.807, 2.05) is 18.2 Å². The van der Waals surface area contributed by atoms with Crippen molar-refractivity contribution in [1.82, 2.24) is 5.32 Å². The fourth-order valence-electron chi connectivity index (χ4n) is 2.28. The summed E-state index contributed by atoms with van der Waals surface area (Å²) in [5.74, 6) is 0.554. The van der Waals surface area contributed by atoms with Gasteiger partial charge in [0.25, 0.3) is 0 Å². The van der Waals surface area contributed by atoms with Crippen LogP contribution in [0.25, 0.3) is 0 Å². The summed E-state index contributed by atoms with van der Waals surface area (Å²) in [4.78, 5) is 11.0. The smallest absolute Gasteiger partial charge is 0.221 e. The summed E-state index contributed by atoms with van der Waals surface area (Å²) in [6.45, 7) is 4.62. The van der Waals surface area contributed by atoms with Crippen LogP contribution in [0.4, 0.5) is 11.4 Å². The molecule has 0 radical (unpaired) electrons. The number of nitrogens with one attached hydrogen (secondary N) is 3. The minimum absolute atomic E-state index is 0.115. The molecule has 1 aromatic rings. The Balaban J connectivity index is 1.90. The molecule has 1 fully saturated rings. The predicted octanol–water partition coefficient (Wildman–Crippen LogP) is 2.71. The van der Waals surface area contributed by atoms with Crippen molar-refractivity contribution in [3.8, 4) is 0 Å². The Morgan fingerprint density at radius 2 is 2.37 bits per heavy atom. The molecule has 5 heteroatoms. The number of rotatable bonds is 4. The number of piperidine rings is 1. The maximum absolute atomic E-state index is 11.0. The van der Waals surface area contributed by atoms with Gasteiger partial charge in [0, 0.05) is 19.2 Å². The fourth-order valence-corrected chi connectivity index (χ4v) is 2.50. The van der Waals surface area contributed by atoms with Gasteiger partial charge in [-0.25, -0.2) is 0 Å². The lowest BCUT2D eigenvalue weighted by Crippen LogP contribution is -2.33. The van der Waals surface area contributed by atoms with Crippen LogP contribution in [0.1, 0.15) is 19.8 Å². The second kappa shape index (κ2) is 6.78. The quantitative estimate of drug-likeness (QED) is 0.795. The summed E-state index contributed by atoms with van der Waals surface area (Å²) < 4.78 is 0. The Morgan fingerprint density at radius 3 is 3.00 bits per heavy atom. The molecule has 104 valence electrons. The third-order valence-electron chi connectivity index (χ3n) is 3.27. The van der Waals surface area contributed by atoms with E-state index in [1.54, 1.807) is 0 Å². The third-order valence-corrected chi connectivity index (χ3v) is 3.59. The van der Waals surface area contributed by atoms with Crippen molar-refractivity contribution in [2.75, 3.05) is 30.3 Å². The van der Waals surface area contributed by atoms with E-state index in [1.165, 1.54) is 19.8 Å². The molecule has 1 unspecified atom stereocenters. The van der Waals surface area contributed by atoms with Crippen molar-refractivity contribution in [3.05, 3.63) is 23.2 Å². The molecular weight excluding hydrogens is 262 g/mol. The highest BCUT2D eigenvalue weighted by atomic mass is 35.5. The molecule has 19 heavy (non-hydrogen) atoms. The molecule has 0 aromatic heterocycles. The van der Waals surface area contributed by atoms with Gasteiger partial charge in [0.1, 0.15) is 0 Å². The van der Waals surface area contributed by atoms with E-state index in [9.17, 15) is 4.79 Å². The molecule has 1 aliphatic heterocycles. The molecule has 1 amide bonds. The van der Waals surface area contributed by atoms with Crippen molar-refractivity contribution < 1.29 is 4.79 Å². The summed E-state index contributed by atoms with van der Waals surface area (Å²) in [5.41, 5.74) is 1.64. The summed E-state index contributed by atoms with van der Waals surface area (Å²) in [5, 5.41) is 10.1. The van der Waals surface area contributed by atoms with Crippen LogP contribution in [0.3, 0.4) is 0 Å². The maximum atomic E-state index is 11.0. The van der Waals surface area contributed by atoms with E-state index in [0.717, 1.165) is 25.3 Å². The Labute approximate surface area is 118 Å². The SMILES string of the molecule is CC(=O)Nc1ccc(NCC2CCCNC2)cc1Cl. The largest absolute Gasteiger partial charge is 0.385 e. The zero-order valence-electron chi connectivity index (χ0n) is 11.1. The summed E-state index contributed by atoms with van der Waals surface area (Å²) in [7, 11) is 0. The zero-order valence-corrected chi connectivity index (χ0v) is 11.9. The average molecular weight is 282 g/mol. The summed E-state index contributed by atoms with van der Waals surface area (Å²) in [6.07, 6.45) is 2.51. The topological polar surface area (TPSA) is 53.2 Å². The van der Waals surface area contributed by atoms with Gasteiger partial charge >= 0.3 is 0 Å². The van der Waals surface area contributed by atoms with Gasteiger partial charge in [0.15, 0.2) is 0 Å². The van der Waals surface area contributed by atoms with Gasteiger partial charge in [0.05, 0.1) is 10.7 Å². The molecule has 0 saturated carbocycles. The van der Waals surface area contributed by atoms with Gasteiger partial charge in [-0.2, -0.15) is 0 Å². The van der Waals surface area contributed by atoms with Crippen LogP contribution in [-0.4, -0.2) is 25.5 Å². The van der Waals surface area contributed by atoms with Gasteiger partial charge < -0.3 is 16.0 Å². The van der Waals surface area contributed by atoms with Gasteiger partial charge in [-0.05, 0) is 50.0 Å². The molecule has 3 N–H and O–H groups in total. The lowest BCUT2D eigenvalue weighted by Gasteiger charge is -2.23. The van der Waals surface area contributed by atoms with Crippen molar-refractivity contribution in [2.24, 2.45) is 5.92 Å². The second-order valence-electron chi connectivity index (χ2n) is 4.97. The number of hydrogen-bond donors (Lipinski definition) is 3. The van der Waals surface area contributed by atoms with Gasteiger partial charge in [-0.15, -0.1) is 0 Å².